The molecule has 82 valence electrons. The van der Waals surface area contributed by atoms with Crippen molar-refractivity contribution in [1.82, 2.24) is 4.90 Å². The van der Waals surface area contributed by atoms with Gasteiger partial charge in [-0.1, -0.05) is 26.7 Å². The lowest BCUT2D eigenvalue weighted by Crippen LogP contribution is -2.37. The second kappa shape index (κ2) is 6.18. The second-order valence-electron chi connectivity index (χ2n) is 4.46. The van der Waals surface area contributed by atoms with Gasteiger partial charge >= 0.3 is 0 Å². The van der Waals surface area contributed by atoms with Crippen molar-refractivity contribution in [2.75, 3.05) is 19.6 Å². The van der Waals surface area contributed by atoms with Crippen LogP contribution in [0.3, 0.4) is 0 Å². The highest BCUT2D eigenvalue weighted by Crippen LogP contribution is 2.18. The van der Waals surface area contributed by atoms with Gasteiger partial charge in [-0.25, -0.2) is 0 Å². The molecule has 2 heteroatoms. The molecular weight excluding hydrogens is 174 g/mol. The fourth-order valence-corrected chi connectivity index (χ4v) is 2.18. The molecule has 0 aliphatic carbocycles. The molecule has 0 spiro atoms. The zero-order chi connectivity index (χ0) is 10.4. The van der Waals surface area contributed by atoms with Crippen LogP contribution in [0, 0.1) is 11.8 Å². The molecule has 0 aromatic carbocycles. The third-order valence-corrected chi connectivity index (χ3v) is 3.50. The van der Waals surface area contributed by atoms with Gasteiger partial charge in [0.05, 0.1) is 0 Å². The molecule has 1 aliphatic rings. The summed E-state index contributed by atoms with van der Waals surface area (Å²) in [7, 11) is 0. The maximum atomic E-state index is 10.6. The molecule has 0 unspecified atom stereocenters. The summed E-state index contributed by atoms with van der Waals surface area (Å²) in [6.07, 6.45) is 5.84. The molecule has 1 rings (SSSR count). The number of piperidine rings is 1. The molecule has 1 aliphatic heterocycles. The summed E-state index contributed by atoms with van der Waals surface area (Å²) in [5, 5.41) is 0. The van der Waals surface area contributed by atoms with Gasteiger partial charge in [0.15, 0.2) is 0 Å². The molecular formula is C12H23NO. The summed E-state index contributed by atoms with van der Waals surface area (Å²) < 4.78 is 0. The van der Waals surface area contributed by atoms with E-state index in [9.17, 15) is 4.79 Å². The summed E-state index contributed by atoms with van der Waals surface area (Å²) in [6, 6.07) is 0. The van der Waals surface area contributed by atoms with Crippen LogP contribution >= 0.6 is 0 Å². The number of likely N-dealkylation sites (tertiary alicyclic amines) is 1. The molecule has 0 aromatic rings. The zero-order valence-electron chi connectivity index (χ0n) is 9.54. The predicted octanol–water partition coefficient (Wildman–Crippen LogP) is 2.33. The number of rotatable bonds is 5. The van der Waals surface area contributed by atoms with Crippen LogP contribution in [-0.4, -0.2) is 30.8 Å². The van der Waals surface area contributed by atoms with E-state index in [2.05, 4.69) is 18.7 Å². The van der Waals surface area contributed by atoms with Gasteiger partial charge in [0, 0.05) is 12.5 Å². The quantitative estimate of drug-likeness (QED) is 0.630. The minimum Gasteiger partial charge on any atom is -0.303 e. The highest BCUT2D eigenvalue weighted by atomic mass is 16.1. The molecule has 14 heavy (non-hydrogen) atoms. The average Bonchev–Trinajstić information content (AvgIpc) is 2.26. The first-order valence-electron chi connectivity index (χ1n) is 5.97. The largest absolute Gasteiger partial charge is 0.303 e. The van der Waals surface area contributed by atoms with E-state index in [0.717, 1.165) is 38.1 Å². The van der Waals surface area contributed by atoms with Crippen LogP contribution in [0.25, 0.3) is 0 Å². The van der Waals surface area contributed by atoms with Gasteiger partial charge < -0.3 is 9.69 Å². The molecule has 0 bridgehead atoms. The summed E-state index contributed by atoms with van der Waals surface area (Å²) in [4.78, 5) is 13.1. The van der Waals surface area contributed by atoms with E-state index in [1.165, 1.54) is 19.4 Å². The maximum Gasteiger partial charge on any atom is 0.123 e. The van der Waals surface area contributed by atoms with E-state index in [1.54, 1.807) is 0 Å². The van der Waals surface area contributed by atoms with Crippen LogP contribution in [0.2, 0.25) is 0 Å². The van der Waals surface area contributed by atoms with Crippen molar-refractivity contribution in [3.63, 3.8) is 0 Å². The molecule has 0 amide bonds. The van der Waals surface area contributed by atoms with Crippen LogP contribution in [-0.2, 0) is 4.79 Å². The van der Waals surface area contributed by atoms with E-state index in [1.807, 2.05) is 0 Å². The van der Waals surface area contributed by atoms with E-state index in [-0.39, 0.29) is 0 Å². The first kappa shape index (κ1) is 11.7. The average molecular weight is 197 g/mol. The number of hydrogen-bond acceptors (Lipinski definition) is 2. The Morgan fingerprint density at radius 3 is 2.29 bits per heavy atom. The standard InChI is InChI=1S/C12H23NO/c1-3-11(4-2)9-13-7-5-12(10-14)6-8-13/h10-12H,3-9H2,1-2H3. The van der Waals surface area contributed by atoms with Crippen LogP contribution in [0.1, 0.15) is 39.5 Å². The summed E-state index contributed by atoms with van der Waals surface area (Å²) >= 11 is 0. The van der Waals surface area contributed by atoms with Gasteiger partial charge in [-0.3, -0.25) is 0 Å². The van der Waals surface area contributed by atoms with Crippen molar-refractivity contribution in [1.29, 1.82) is 0 Å². The minimum atomic E-state index is 0.341. The van der Waals surface area contributed by atoms with Crippen molar-refractivity contribution < 1.29 is 4.79 Å². The van der Waals surface area contributed by atoms with Crippen LogP contribution in [0.5, 0.6) is 0 Å². The highest BCUT2D eigenvalue weighted by molar-refractivity contribution is 5.53. The summed E-state index contributed by atoms with van der Waals surface area (Å²) in [6.45, 7) is 8.02. The monoisotopic (exact) mass is 197 g/mol. The van der Waals surface area contributed by atoms with Crippen molar-refractivity contribution in [3.05, 3.63) is 0 Å². The molecule has 0 N–H and O–H groups in total. The normalized spacial score (nSPS) is 20.2. The number of hydrogen-bond donors (Lipinski definition) is 0. The molecule has 1 saturated heterocycles. The van der Waals surface area contributed by atoms with Gasteiger partial charge in [0.2, 0.25) is 0 Å². The van der Waals surface area contributed by atoms with Gasteiger partial charge in [-0.15, -0.1) is 0 Å². The van der Waals surface area contributed by atoms with E-state index in [4.69, 9.17) is 0 Å². The van der Waals surface area contributed by atoms with Crippen LogP contribution in [0.15, 0.2) is 0 Å². The molecule has 1 fully saturated rings. The smallest absolute Gasteiger partial charge is 0.123 e. The Morgan fingerprint density at radius 1 is 1.29 bits per heavy atom. The molecule has 0 atom stereocenters. The van der Waals surface area contributed by atoms with Gasteiger partial charge in [0.25, 0.3) is 0 Å². The third-order valence-electron chi connectivity index (χ3n) is 3.50. The Labute approximate surface area is 87.7 Å². The first-order valence-corrected chi connectivity index (χ1v) is 5.97. The maximum absolute atomic E-state index is 10.6. The molecule has 0 saturated carbocycles. The zero-order valence-corrected chi connectivity index (χ0v) is 9.54. The third kappa shape index (κ3) is 3.41. The fourth-order valence-electron chi connectivity index (χ4n) is 2.18. The Bertz CT molecular complexity index is 158. The Balaban J connectivity index is 2.24. The fraction of sp³-hybridized carbons (Fsp3) is 0.917. The first-order chi connectivity index (χ1) is 6.80. The lowest BCUT2D eigenvalue weighted by molar-refractivity contribution is -0.112. The van der Waals surface area contributed by atoms with Crippen LogP contribution in [0.4, 0.5) is 0 Å². The minimum absolute atomic E-state index is 0.341. The lowest BCUT2D eigenvalue weighted by atomic mass is 9.96. The Morgan fingerprint density at radius 2 is 1.86 bits per heavy atom. The van der Waals surface area contributed by atoms with Crippen molar-refractivity contribution in [2.45, 2.75) is 39.5 Å². The SMILES string of the molecule is CCC(CC)CN1CCC(C=O)CC1. The van der Waals surface area contributed by atoms with Gasteiger partial charge in [0.1, 0.15) is 6.29 Å². The van der Waals surface area contributed by atoms with Crippen molar-refractivity contribution >= 4 is 6.29 Å². The highest BCUT2D eigenvalue weighted by Gasteiger charge is 2.19. The van der Waals surface area contributed by atoms with Gasteiger partial charge in [-0.2, -0.15) is 0 Å². The van der Waals surface area contributed by atoms with Crippen LogP contribution < -0.4 is 0 Å². The topological polar surface area (TPSA) is 20.3 Å². The number of carbonyl (C=O) groups is 1. The molecule has 1 heterocycles. The van der Waals surface area contributed by atoms with Crippen molar-refractivity contribution in [3.8, 4) is 0 Å². The summed E-state index contributed by atoms with van der Waals surface area (Å²) in [5.41, 5.74) is 0. The van der Waals surface area contributed by atoms with E-state index >= 15 is 0 Å². The molecule has 0 aromatic heterocycles. The second-order valence-corrected chi connectivity index (χ2v) is 4.46. The van der Waals surface area contributed by atoms with E-state index in [0.29, 0.717) is 5.92 Å². The Hall–Kier alpha value is -0.370. The lowest BCUT2D eigenvalue weighted by Gasteiger charge is -2.32. The number of nitrogens with zero attached hydrogens (tertiary/aromatic N) is 1. The predicted molar refractivity (Wildman–Crippen MR) is 59.3 cm³/mol. The molecule has 2 nitrogen and oxygen atoms in total. The van der Waals surface area contributed by atoms with Crippen molar-refractivity contribution in [2.24, 2.45) is 11.8 Å². The molecule has 0 radical (unpaired) electrons. The Kier molecular flexibility index (Phi) is 5.16. The van der Waals surface area contributed by atoms with Gasteiger partial charge in [-0.05, 0) is 31.8 Å². The van der Waals surface area contributed by atoms with E-state index < -0.39 is 0 Å². The number of carbonyl (C=O) groups excluding carboxylic acids is 1. The number of aldehydes is 1. The summed E-state index contributed by atoms with van der Waals surface area (Å²) in [5.74, 6) is 1.19.